The summed E-state index contributed by atoms with van der Waals surface area (Å²) >= 11 is 5.79. The molecule has 3 aromatic rings. The van der Waals surface area contributed by atoms with Gasteiger partial charge in [0.05, 0.1) is 24.0 Å². The number of carbonyl (C=O) groups is 1. The van der Waals surface area contributed by atoms with Crippen molar-refractivity contribution in [3.63, 3.8) is 0 Å². The van der Waals surface area contributed by atoms with Gasteiger partial charge in [-0.1, -0.05) is 23.7 Å². The van der Waals surface area contributed by atoms with Crippen LogP contribution in [0.3, 0.4) is 0 Å². The van der Waals surface area contributed by atoms with Gasteiger partial charge in [0.25, 0.3) is 5.91 Å². The van der Waals surface area contributed by atoms with Crippen LogP contribution in [0, 0.1) is 5.82 Å². The molecular formula is C20H18ClFN4O2. The van der Waals surface area contributed by atoms with Gasteiger partial charge in [-0.2, -0.15) is 0 Å². The molecule has 1 atom stereocenters. The number of hydrogen-bond acceptors (Lipinski definition) is 4. The van der Waals surface area contributed by atoms with Crippen LogP contribution in [0.2, 0.25) is 5.02 Å². The van der Waals surface area contributed by atoms with Gasteiger partial charge in [0.1, 0.15) is 17.6 Å². The minimum atomic E-state index is -0.292. The number of amides is 1. The lowest BCUT2D eigenvalue weighted by Gasteiger charge is -2.32. The number of rotatable bonds is 4. The Morgan fingerprint density at radius 2 is 1.96 bits per heavy atom. The molecule has 6 nitrogen and oxygen atoms in total. The lowest BCUT2D eigenvalue weighted by molar-refractivity contribution is 0.0511. The predicted octanol–water partition coefficient (Wildman–Crippen LogP) is 3.95. The van der Waals surface area contributed by atoms with Crippen molar-refractivity contribution in [3.8, 4) is 17.1 Å². The number of aromatic amines is 1. The molecule has 28 heavy (non-hydrogen) atoms. The highest BCUT2D eigenvalue weighted by Crippen LogP contribution is 2.23. The van der Waals surface area contributed by atoms with E-state index in [1.807, 2.05) is 0 Å². The minimum Gasteiger partial charge on any atom is -0.458 e. The third-order valence-electron chi connectivity index (χ3n) is 4.63. The summed E-state index contributed by atoms with van der Waals surface area (Å²) in [4.78, 5) is 25.7. The van der Waals surface area contributed by atoms with E-state index in [0.29, 0.717) is 23.8 Å². The van der Waals surface area contributed by atoms with Gasteiger partial charge in [-0.3, -0.25) is 4.79 Å². The van der Waals surface area contributed by atoms with Crippen molar-refractivity contribution >= 4 is 17.5 Å². The summed E-state index contributed by atoms with van der Waals surface area (Å²) < 4.78 is 18.9. The zero-order valence-electron chi connectivity index (χ0n) is 14.9. The molecule has 2 aromatic heterocycles. The van der Waals surface area contributed by atoms with E-state index in [1.165, 1.54) is 24.5 Å². The van der Waals surface area contributed by atoms with Gasteiger partial charge < -0.3 is 14.6 Å². The van der Waals surface area contributed by atoms with Gasteiger partial charge in [-0.05, 0) is 42.2 Å². The van der Waals surface area contributed by atoms with Crippen molar-refractivity contribution in [2.45, 2.75) is 18.9 Å². The Hall–Kier alpha value is -2.93. The molecule has 3 heterocycles. The Labute approximate surface area is 166 Å². The number of halogens is 2. The van der Waals surface area contributed by atoms with E-state index in [0.717, 1.165) is 24.0 Å². The molecule has 4 rings (SSSR count). The average Bonchev–Trinajstić information content (AvgIpc) is 3.20. The second kappa shape index (κ2) is 7.98. The van der Waals surface area contributed by atoms with Crippen LogP contribution in [-0.4, -0.2) is 45.0 Å². The molecule has 144 valence electrons. The van der Waals surface area contributed by atoms with Crippen LogP contribution in [0.25, 0.3) is 11.1 Å². The molecular weight excluding hydrogens is 383 g/mol. The highest BCUT2D eigenvalue weighted by atomic mass is 35.5. The smallest absolute Gasteiger partial charge is 0.316 e. The Bertz CT molecular complexity index is 959. The highest BCUT2D eigenvalue weighted by Gasteiger charge is 2.27. The van der Waals surface area contributed by atoms with E-state index >= 15 is 0 Å². The maximum Gasteiger partial charge on any atom is 0.316 e. The molecule has 1 N–H and O–H groups in total. The quantitative estimate of drug-likeness (QED) is 0.719. The zero-order chi connectivity index (χ0) is 19.5. The number of ether oxygens (including phenoxy) is 1. The first kappa shape index (κ1) is 18.4. The van der Waals surface area contributed by atoms with E-state index in [-0.39, 0.29) is 23.8 Å². The van der Waals surface area contributed by atoms with Crippen molar-refractivity contribution in [1.29, 1.82) is 0 Å². The van der Waals surface area contributed by atoms with Crippen molar-refractivity contribution in [1.82, 2.24) is 19.9 Å². The predicted molar refractivity (Wildman–Crippen MR) is 103 cm³/mol. The van der Waals surface area contributed by atoms with Crippen LogP contribution in [0.4, 0.5) is 4.39 Å². The number of nitrogens with zero attached hydrogens (tertiary/aromatic N) is 3. The molecule has 1 aliphatic heterocycles. The average molecular weight is 401 g/mol. The van der Waals surface area contributed by atoms with Gasteiger partial charge in [0.2, 0.25) is 0 Å². The zero-order valence-corrected chi connectivity index (χ0v) is 15.7. The number of nitrogens with one attached hydrogen (secondary N) is 1. The Balaban J connectivity index is 1.43. The standard InChI is InChI=1S/C20H18ClFN4O2/c21-15-10-24-20(25-11-15)28-17-2-1-7-26(12-17)19(27)18-8-14(9-23-18)13-3-5-16(22)6-4-13/h3-6,8-11,17,23H,1-2,7,12H2. The van der Waals surface area contributed by atoms with Crippen molar-refractivity contribution in [2.24, 2.45) is 0 Å². The Morgan fingerprint density at radius 1 is 1.21 bits per heavy atom. The number of H-pyrrole nitrogens is 1. The summed E-state index contributed by atoms with van der Waals surface area (Å²) in [5, 5.41) is 0.441. The van der Waals surface area contributed by atoms with E-state index < -0.39 is 0 Å². The van der Waals surface area contributed by atoms with Gasteiger partial charge in [0, 0.05) is 12.7 Å². The molecule has 0 spiro atoms. The van der Waals surface area contributed by atoms with Gasteiger partial charge in [0.15, 0.2) is 0 Å². The fourth-order valence-corrected chi connectivity index (χ4v) is 3.32. The van der Waals surface area contributed by atoms with E-state index in [1.54, 1.807) is 29.3 Å². The molecule has 0 bridgehead atoms. The van der Waals surface area contributed by atoms with Gasteiger partial charge >= 0.3 is 6.01 Å². The molecule has 1 aromatic carbocycles. The number of hydrogen-bond donors (Lipinski definition) is 1. The summed E-state index contributed by atoms with van der Waals surface area (Å²) in [7, 11) is 0. The maximum absolute atomic E-state index is 13.1. The highest BCUT2D eigenvalue weighted by molar-refractivity contribution is 6.30. The second-order valence-electron chi connectivity index (χ2n) is 6.63. The summed E-state index contributed by atoms with van der Waals surface area (Å²) in [5.41, 5.74) is 2.17. The SMILES string of the molecule is O=C(c1cc(-c2ccc(F)cc2)c[nH]1)N1CCCC(Oc2ncc(Cl)cn2)C1. The Morgan fingerprint density at radius 3 is 2.71 bits per heavy atom. The van der Waals surface area contributed by atoms with Crippen molar-refractivity contribution in [2.75, 3.05) is 13.1 Å². The lowest BCUT2D eigenvalue weighted by atomic mass is 10.1. The molecule has 1 saturated heterocycles. The summed E-state index contributed by atoms with van der Waals surface area (Å²) in [6.07, 6.45) is 6.18. The molecule has 0 aliphatic carbocycles. The number of benzene rings is 1. The second-order valence-corrected chi connectivity index (χ2v) is 7.06. The molecule has 1 aliphatic rings. The van der Waals surface area contributed by atoms with E-state index in [2.05, 4.69) is 15.0 Å². The van der Waals surface area contributed by atoms with E-state index in [4.69, 9.17) is 16.3 Å². The number of likely N-dealkylation sites (tertiary alicyclic amines) is 1. The molecule has 1 fully saturated rings. The monoisotopic (exact) mass is 400 g/mol. The van der Waals surface area contributed by atoms with Crippen molar-refractivity contribution in [3.05, 3.63) is 65.5 Å². The van der Waals surface area contributed by atoms with Crippen LogP contribution < -0.4 is 4.74 Å². The molecule has 0 saturated carbocycles. The van der Waals surface area contributed by atoms with Crippen molar-refractivity contribution < 1.29 is 13.9 Å². The fraction of sp³-hybridized carbons (Fsp3) is 0.250. The molecule has 8 heteroatoms. The Kier molecular flexibility index (Phi) is 5.25. The lowest BCUT2D eigenvalue weighted by Crippen LogP contribution is -2.44. The molecule has 0 radical (unpaired) electrons. The largest absolute Gasteiger partial charge is 0.458 e. The van der Waals surface area contributed by atoms with E-state index in [9.17, 15) is 9.18 Å². The third-order valence-corrected chi connectivity index (χ3v) is 4.82. The van der Waals surface area contributed by atoms with Crippen LogP contribution in [0.15, 0.2) is 48.9 Å². The normalized spacial score (nSPS) is 16.8. The van der Waals surface area contributed by atoms with Gasteiger partial charge in [-0.15, -0.1) is 0 Å². The third kappa shape index (κ3) is 4.14. The van der Waals surface area contributed by atoms with Crippen LogP contribution in [-0.2, 0) is 0 Å². The topological polar surface area (TPSA) is 71.1 Å². The van der Waals surface area contributed by atoms with Crippen LogP contribution >= 0.6 is 11.6 Å². The number of carbonyl (C=O) groups excluding carboxylic acids is 1. The van der Waals surface area contributed by atoms with Crippen LogP contribution in [0.1, 0.15) is 23.3 Å². The summed E-state index contributed by atoms with van der Waals surface area (Å²) in [5.74, 6) is -0.390. The first-order chi connectivity index (χ1) is 13.6. The van der Waals surface area contributed by atoms with Crippen LogP contribution in [0.5, 0.6) is 6.01 Å². The fourth-order valence-electron chi connectivity index (χ4n) is 3.23. The number of piperidine rings is 1. The maximum atomic E-state index is 13.1. The molecule has 1 unspecified atom stereocenters. The first-order valence-electron chi connectivity index (χ1n) is 8.96. The van der Waals surface area contributed by atoms with Gasteiger partial charge in [-0.25, -0.2) is 14.4 Å². The molecule has 1 amide bonds. The summed E-state index contributed by atoms with van der Waals surface area (Å²) in [6.45, 7) is 1.11. The number of aromatic nitrogens is 3. The minimum absolute atomic E-state index is 0.0984. The first-order valence-corrected chi connectivity index (χ1v) is 9.34. The summed E-state index contributed by atoms with van der Waals surface area (Å²) in [6, 6.07) is 8.20.